The molecule has 0 saturated heterocycles. The molecule has 0 unspecified atom stereocenters. The van der Waals surface area contributed by atoms with Crippen molar-refractivity contribution in [2.45, 2.75) is 0 Å². The second kappa shape index (κ2) is 4.78. The molecule has 0 saturated carbocycles. The van der Waals surface area contributed by atoms with Gasteiger partial charge in [0.25, 0.3) is 0 Å². The Hall–Kier alpha value is -2.02. The van der Waals surface area contributed by atoms with Gasteiger partial charge in [-0.25, -0.2) is 0 Å². The number of oxime groups is 1. The smallest absolute Gasteiger partial charge is 0.174 e. The lowest BCUT2D eigenvalue weighted by molar-refractivity contribution is 0.322. The standard InChI is InChI=1S/C9H8N2O2/c10-5-6-13-9-3-1-8(2-4-9)7-11-12/h1-4,7,12H,6H2. The molecular weight excluding hydrogens is 168 g/mol. The van der Waals surface area contributed by atoms with Crippen molar-refractivity contribution in [1.82, 2.24) is 0 Å². The Bertz CT molecular complexity index is 324. The monoisotopic (exact) mass is 176 g/mol. The normalized spacial score (nSPS) is 9.77. The van der Waals surface area contributed by atoms with Crippen molar-refractivity contribution in [2.75, 3.05) is 6.61 Å². The molecule has 66 valence electrons. The van der Waals surface area contributed by atoms with E-state index < -0.39 is 0 Å². The average Bonchev–Trinajstić information content (AvgIpc) is 2.17. The minimum Gasteiger partial charge on any atom is -0.479 e. The number of hydrogen-bond donors (Lipinski definition) is 1. The minimum atomic E-state index is 0.0352. The summed E-state index contributed by atoms with van der Waals surface area (Å²) >= 11 is 0. The average molecular weight is 176 g/mol. The third kappa shape index (κ3) is 2.83. The summed E-state index contributed by atoms with van der Waals surface area (Å²) in [6.07, 6.45) is 1.31. The predicted molar refractivity (Wildman–Crippen MR) is 46.9 cm³/mol. The topological polar surface area (TPSA) is 65.6 Å². The molecule has 13 heavy (non-hydrogen) atoms. The van der Waals surface area contributed by atoms with E-state index in [1.54, 1.807) is 24.3 Å². The van der Waals surface area contributed by atoms with Crippen LogP contribution in [0.4, 0.5) is 0 Å². The van der Waals surface area contributed by atoms with Gasteiger partial charge in [0.15, 0.2) is 6.61 Å². The number of nitriles is 1. The summed E-state index contributed by atoms with van der Waals surface area (Å²) in [5.74, 6) is 0.622. The maximum Gasteiger partial charge on any atom is 0.174 e. The molecule has 1 rings (SSSR count). The summed E-state index contributed by atoms with van der Waals surface area (Å²) in [5.41, 5.74) is 0.770. The van der Waals surface area contributed by atoms with Gasteiger partial charge >= 0.3 is 0 Å². The van der Waals surface area contributed by atoms with Crippen LogP contribution >= 0.6 is 0 Å². The zero-order chi connectivity index (χ0) is 9.52. The first-order chi connectivity index (χ1) is 6.36. The molecule has 4 nitrogen and oxygen atoms in total. The van der Waals surface area contributed by atoms with Crippen LogP contribution in [-0.2, 0) is 0 Å². The van der Waals surface area contributed by atoms with E-state index in [0.29, 0.717) is 5.75 Å². The maximum atomic E-state index is 8.24. The molecule has 4 heteroatoms. The molecule has 1 aromatic carbocycles. The number of ether oxygens (including phenoxy) is 1. The third-order valence-corrected chi connectivity index (χ3v) is 1.39. The Kier molecular flexibility index (Phi) is 3.33. The number of benzene rings is 1. The van der Waals surface area contributed by atoms with Crippen molar-refractivity contribution in [3.8, 4) is 11.8 Å². The van der Waals surface area contributed by atoms with E-state index in [1.165, 1.54) is 6.21 Å². The van der Waals surface area contributed by atoms with Crippen LogP contribution in [0, 0.1) is 11.3 Å². The Labute approximate surface area is 75.7 Å². The number of hydrogen-bond acceptors (Lipinski definition) is 4. The lowest BCUT2D eigenvalue weighted by atomic mass is 10.2. The highest BCUT2D eigenvalue weighted by atomic mass is 16.5. The molecule has 0 bridgehead atoms. The lowest BCUT2D eigenvalue weighted by Crippen LogP contribution is -1.93. The van der Waals surface area contributed by atoms with Crippen molar-refractivity contribution in [3.05, 3.63) is 29.8 Å². The van der Waals surface area contributed by atoms with Crippen LogP contribution in [0.5, 0.6) is 5.75 Å². The van der Waals surface area contributed by atoms with Gasteiger partial charge in [-0.3, -0.25) is 0 Å². The fourth-order valence-corrected chi connectivity index (χ4v) is 0.832. The van der Waals surface area contributed by atoms with Crippen LogP contribution in [-0.4, -0.2) is 18.0 Å². The molecule has 0 aliphatic heterocycles. The minimum absolute atomic E-state index is 0.0352. The highest BCUT2D eigenvalue weighted by Gasteiger charge is 1.92. The summed E-state index contributed by atoms with van der Waals surface area (Å²) < 4.78 is 5.02. The van der Waals surface area contributed by atoms with E-state index >= 15 is 0 Å². The van der Waals surface area contributed by atoms with E-state index in [2.05, 4.69) is 5.16 Å². The summed E-state index contributed by atoms with van der Waals surface area (Å²) in [5, 5.41) is 19.3. The SMILES string of the molecule is N#CCOc1ccc(C=NO)cc1. The Morgan fingerprint density at radius 3 is 2.69 bits per heavy atom. The lowest BCUT2D eigenvalue weighted by Gasteiger charge is -2.00. The molecule has 0 aliphatic rings. The van der Waals surface area contributed by atoms with E-state index in [0.717, 1.165) is 5.56 Å². The summed E-state index contributed by atoms with van der Waals surface area (Å²) in [4.78, 5) is 0. The van der Waals surface area contributed by atoms with Gasteiger partial charge in [0.05, 0.1) is 6.21 Å². The van der Waals surface area contributed by atoms with Crippen LogP contribution in [0.3, 0.4) is 0 Å². The molecule has 0 spiro atoms. The fraction of sp³-hybridized carbons (Fsp3) is 0.111. The van der Waals surface area contributed by atoms with Crippen molar-refractivity contribution in [1.29, 1.82) is 5.26 Å². The molecular formula is C9H8N2O2. The van der Waals surface area contributed by atoms with Gasteiger partial charge in [0.1, 0.15) is 11.8 Å². The second-order valence-corrected chi connectivity index (χ2v) is 2.26. The van der Waals surface area contributed by atoms with Crippen LogP contribution in [0.1, 0.15) is 5.56 Å². The van der Waals surface area contributed by atoms with E-state index in [-0.39, 0.29) is 6.61 Å². The molecule has 0 aliphatic carbocycles. The zero-order valence-corrected chi connectivity index (χ0v) is 6.84. The van der Waals surface area contributed by atoms with E-state index in [9.17, 15) is 0 Å². The molecule has 0 aromatic heterocycles. The first-order valence-electron chi connectivity index (χ1n) is 3.64. The Morgan fingerprint density at radius 1 is 1.46 bits per heavy atom. The largest absolute Gasteiger partial charge is 0.479 e. The Morgan fingerprint density at radius 2 is 2.15 bits per heavy atom. The predicted octanol–water partition coefficient (Wildman–Crippen LogP) is 1.40. The molecule has 1 aromatic rings. The zero-order valence-electron chi connectivity index (χ0n) is 6.84. The first kappa shape index (κ1) is 9.07. The van der Waals surface area contributed by atoms with Crippen molar-refractivity contribution in [2.24, 2.45) is 5.16 Å². The van der Waals surface area contributed by atoms with E-state index in [1.807, 2.05) is 6.07 Å². The van der Waals surface area contributed by atoms with Crippen molar-refractivity contribution >= 4 is 6.21 Å². The van der Waals surface area contributed by atoms with Crippen molar-refractivity contribution < 1.29 is 9.94 Å². The van der Waals surface area contributed by atoms with Crippen LogP contribution in [0.2, 0.25) is 0 Å². The maximum absolute atomic E-state index is 8.24. The molecule has 0 atom stereocenters. The molecule has 0 amide bonds. The highest BCUT2D eigenvalue weighted by molar-refractivity contribution is 5.79. The number of nitrogens with zero attached hydrogens (tertiary/aromatic N) is 2. The van der Waals surface area contributed by atoms with Gasteiger partial charge in [-0.2, -0.15) is 5.26 Å². The van der Waals surface area contributed by atoms with Crippen LogP contribution in [0.25, 0.3) is 0 Å². The van der Waals surface area contributed by atoms with Crippen LogP contribution in [0.15, 0.2) is 29.4 Å². The van der Waals surface area contributed by atoms with Gasteiger partial charge in [-0.15, -0.1) is 0 Å². The molecule has 1 N–H and O–H groups in total. The quantitative estimate of drug-likeness (QED) is 0.430. The summed E-state index contributed by atoms with van der Waals surface area (Å²) in [6, 6.07) is 8.73. The second-order valence-electron chi connectivity index (χ2n) is 2.26. The fourth-order valence-electron chi connectivity index (χ4n) is 0.832. The molecule has 0 heterocycles. The first-order valence-corrected chi connectivity index (χ1v) is 3.64. The van der Waals surface area contributed by atoms with Gasteiger partial charge in [-0.1, -0.05) is 5.16 Å². The summed E-state index contributed by atoms with van der Waals surface area (Å²) in [7, 11) is 0. The van der Waals surface area contributed by atoms with Gasteiger partial charge in [0, 0.05) is 0 Å². The van der Waals surface area contributed by atoms with Gasteiger partial charge in [-0.05, 0) is 29.8 Å². The van der Waals surface area contributed by atoms with E-state index in [4.69, 9.17) is 15.2 Å². The Balaban J connectivity index is 2.65. The van der Waals surface area contributed by atoms with Crippen molar-refractivity contribution in [3.63, 3.8) is 0 Å². The third-order valence-electron chi connectivity index (χ3n) is 1.39. The van der Waals surface area contributed by atoms with Gasteiger partial charge < -0.3 is 9.94 Å². The molecule has 0 fully saturated rings. The molecule has 0 radical (unpaired) electrons. The van der Waals surface area contributed by atoms with Gasteiger partial charge in [0.2, 0.25) is 0 Å². The highest BCUT2D eigenvalue weighted by Crippen LogP contribution is 2.10. The summed E-state index contributed by atoms with van der Waals surface area (Å²) in [6.45, 7) is 0.0352. The van der Waals surface area contributed by atoms with Crippen LogP contribution < -0.4 is 4.74 Å². The number of rotatable bonds is 3.